The van der Waals surface area contributed by atoms with E-state index in [4.69, 9.17) is 9.47 Å². The van der Waals surface area contributed by atoms with E-state index < -0.39 is 0 Å². The molecule has 148 valence electrons. The Kier molecular flexibility index (Phi) is 7.06. The molecule has 5 nitrogen and oxygen atoms in total. The van der Waals surface area contributed by atoms with Crippen molar-refractivity contribution in [1.29, 1.82) is 0 Å². The maximum atomic E-state index is 13.0. The number of ether oxygens (including phenoxy) is 2. The second-order valence-electron chi connectivity index (χ2n) is 7.09. The van der Waals surface area contributed by atoms with Crippen LogP contribution in [0.2, 0.25) is 0 Å². The van der Waals surface area contributed by atoms with Crippen LogP contribution in [0, 0.1) is 0 Å². The predicted octanol–water partition coefficient (Wildman–Crippen LogP) is 4.21. The van der Waals surface area contributed by atoms with Crippen molar-refractivity contribution in [2.24, 2.45) is 0 Å². The number of esters is 1. The molecule has 1 aliphatic rings. The Hall–Kier alpha value is -2.82. The minimum absolute atomic E-state index is 0.111. The Bertz CT molecular complexity index is 767. The lowest BCUT2D eigenvalue weighted by Gasteiger charge is -2.23. The molecule has 28 heavy (non-hydrogen) atoms. The van der Waals surface area contributed by atoms with Gasteiger partial charge in [-0.15, -0.1) is 0 Å². The number of carbonyl (C=O) groups excluding carboxylic acids is 2. The van der Waals surface area contributed by atoms with Crippen molar-refractivity contribution in [2.45, 2.75) is 44.8 Å². The quantitative estimate of drug-likeness (QED) is 0.643. The van der Waals surface area contributed by atoms with Crippen LogP contribution < -0.4 is 4.74 Å². The van der Waals surface area contributed by atoms with Gasteiger partial charge in [0.2, 0.25) is 0 Å². The molecule has 3 rings (SSSR count). The molecule has 0 radical (unpaired) electrons. The maximum Gasteiger partial charge on any atom is 0.307 e. The van der Waals surface area contributed by atoms with Gasteiger partial charge in [-0.3, -0.25) is 9.59 Å². The largest absolute Gasteiger partial charge is 0.490 e. The third-order valence-corrected chi connectivity index (χ3v) is 5.02. The highest BCUT2D eigenvalue weighted by Crippen LogP contribution is 2.24. The molecular weight excluding hydrogens is 354 g/mol. The SMILES string of the molecule is COC(=O)CCN(Cc1ccccc1)C(=O)c1ccc(OC2CCCC2)cc1. The molecule has 1 aliphatic carbocycles. The Morgan fingerprint density at radius 2 is 1.68 bits per heavy atom. The summed E-state index contributed by atoms with van der Waals surface area (Å²) in [7, 11) is 1.36. The molecule has 0 spiro atoms. The molecule has 0 bridgehead atoms. The van der Waals surface area contributed by atoms with E-state index in [0.717, 1.165) is 24.2 Å². The first-order chi connectivity index (χ1) is 13.7. The summed E-state index contributed by atoms with van der Waals surface area (Å²) in [5, 5.41) is 0. The summed E-state index contributed by atoms with van der Waals surface area (Å²) in [6.45, 7) is 0.748. The van der Waals surface area contributed by atoms with Crippen molar-refractivity contribution in [3.05, 3.63) is 65.7 Å². The fourth-order valence-electron chi connectivity index (χ4n) is 3.44. The number of amides is 1. The third-order valence-electron chi connectivity index (χ3n) is 5.02. The zero-order valence-electron chi connectivity index (χ0n) is 16.3. The number of carbonyl (C=O) groups is 2. The maximum absolute atomic E-state index is 13.0. The van der Waals surface area contributed by atoms with Crippen LogP contribution in [0.3, 0.4) is 0 Å². The molecule has 1 saturated carbocycles. The number of hydrogen-bond acceptors (Lipinski definition) is 4. The van der Waals surface area contributed by atoms with Crippen molar-refractivity contribution in [2.75, 3.05) is 13.7 Å². The molecule has 0 saturated heterocycles. The van der Waals surface area contributed by atoms with E-state index in [9.17, 15) is 9.59 Å². The fraction of sp³-hybridized carbons (Fsp3) is 0.391. The molecule has 0 heterocycles. The van der Waals surface area contributed by atoms with Gasteiger partial charge in [-0.05, 0) is 55.5 Å². The molecule has 2 aromatic carbocycles. The average molecular weight is 381 g/mol. The minimum Gasteiger partial charge on any atom is -0.490 e. The van der Waals surface area contributed by atoms with Crippen LogP contribution in [0.25, 0.3) is 0 Å². The molecule has 5 heteroatoms. The molecule has 0 unspecified atom stereocenters. The standard InChI is InChI=1S/C23H27NO4/c1-27-22(25)15-16-24(17-18-7-3-2-4-8-18)23(26)19-11-13-21(14-12-19)28-20-9-5-6-10-20/h2-4,7-8,11-14,20H,5-6,9-10,15-17H2,1H3. The van der Waals surface area contributed by atoms with Gasteiger partial charge in [-0.25, -0.2) is 0 Å². The molecule has 2 aromatic rings. The Labute approximate surface area is 166 Å². The van der Waals surface area contributed by atoms with Crippen molar-refractivity contribution in [3.63, 3.8) is 0 Å². The van der Waals surface area contributed by atoms with Gasteiger partial charge in [0.15, 0.2) is 0 Å². The summed E-state index contributed by atoms with van der Waals surface area (Å²) in [5.74, 6) is 0.360. The Morgan fingerprint density at radius 3 is 2.32 bits per heavy atom. The first kappa shape index (κ1) is 19.9. The Morgan fingerprint density at radius 1 is 1.00 bits per heavy atom. The summed E-state index contributed by atoms with van der Waals surface area (Å²) in [6, 6.07) is 17.0. The van der Waals surface area contributed by atoms with Crippen molar-refractivity contribution in [3.8, 4) is 5.75 Å². The van der Waals surface area contributed by atoms with Crippen LogP contribution in [-0.2, 0) is 16.1 Å². The van der Waals surface area contributed by atoms with Crippen molar-refractivity contribution in [1.82, 2.24) is 4.90 Å². The first-order valence-electron chi connectivity index (χ1n) is 9.82. The monoisotopic (exact) mass is 381 g/mol. The number of nitrogens with zero attached hydrogens (tertiary/aromatic N) is 1. The van der Waals surface area contributed by atoms with Gasteiger partial charge in [-0.1, -0.05) is 30.3 Å². The van der Waals surface area contributed by atoms with Crippen LogP contribution in [-0.4, -0.2) is 36.5 Å². The van der Waals surface area contributed by atoms with Gasteiger partial charge >= 0.3 is 5.97 Å². The van der Waals surface area contributed by atoms with E-state index in [1.54, 1.807) is 17.0 Å². The smallest absolute Gasteiger partial charge is 0.307 e. The van der Waals surface area contributed by atoms with Gasteiger partial charge in [0.05, 0.1) is 19.6 Å². The van der Waals surface area contributed by atoms with Crippen LogP contribution in [0.1, 0.15) is 48.0 Å². The van der Waals surface area contributed by atoms with Crippen LogP contribution >= 0.6 is 0 Å². The highest BCUT2D eigenvalue weighted by Gasteiger charge is 2.19. The summed E-state index contributed by atoms with van der Waals surface area (Å²) in [5.41, 5.74) is 1.60. The van der Waals surface area contributed by atoms with E-state index in [2.05, 4.69) is 0 Å². The number of methoxy groups -OCH3 is 1. The van der Waals surface area contributed by atoms with E-state index in [1.165, 1.54) is 20.0 Å². The first-order valence-corrected chi connectivity index (χ1v) is 9.82. The lowest BCUT2D eigenvalue weighted by Crippen LogP contribution is -2.32. The fourth-order valence-corrected chi connectivity index (χ4v) is 3.44. The normalized spacial score (nSPS) is 13.9. The average Bonchev–Trinajstić information content (AvgIpc) is 3.24. The second-order valence-corrected chi connectivity index (χ2v) is 7.09. The number of benzene rings is 2. The van der Waals surface area contributed by atoms with Crippen LogP contribution in [0.5, 0.6) is 5.75 Å². The van der Waals surface area contributed by atoms with E-state index >= 15 is 0 Å². The zero-order valence-corrected chi connectivity index (χ0v) is 16.3. The Balaban J connectivity index is 1.68. The van der Waals surface area contributed by atoms with Gasteiger partial charge < -0.3 is 14.4 Å². The van der Waals surface area contributed by atoms with Crippen LogP contribution in [0.4, 0.5) is 0 Å². The molecule has 0 atom stereocenters. The van der Waals surface area contributed by atoms with Gasteiger partial charge in [0.25, 0.3) is 5.91 Å². The van der Waals surface area contributed by atoms with Gasteiger partial charge in [-0.2, -0.15) is 0 Å². The van der Waals surface area contributed by atoms with E-state index in [1.807, 2.05) is 42.5 Å². The molecule has 0 N–H and O–H groups in total. The van der Waals surface area contributed by atoms with Gasteiger partial charge in [0.1, 0.15) is 5.75 Å². The van der Waals surface area contributed by atoms with E-state index in [-0.39, 0.29) is 24.4 Å². The van der Waals surface area contributed by atoms with Crippen molar-refractivity contribution >= 4 is 11.9 Å². The third kappa shape index (κ3) is 5.59. The molecule has 0 aliphatic heterocycles. The lowest BCUT2D eigenvalue weighted by atomic mass is 10.1. The highest BCUT2D eigenvalue weighted by atomic mass is 16.5. The van der Waals surface area contributed by atoms with Crippen molar-refractivity contribution < 1.29 is 19.1 Å². The predicted molar refractivity (Wildman–Crippen MR) is 107 cm³/mol. The lowest BCUT2D eigenvalue weighted by molar-refractivity contribution is -0.140. The van der Waals surface area contributed by atoms with Gasteiger partial charge in [0, 0.05) is 18.7 Å². The van der Waals surface area contributed by atoms with Crippen LogP contribution in [0.15, 0.2) is 54.6 Å². The summed E-state index contributed by atoms with van der Waals surface area (Å²) in [4.78, 5) is 26.3. The zero-order chi connectivity index (χ0) is 19.8. The summed E-state index contributed by atoms with van der Waals surface area (Å²) in [6.07, 6.45) is 5.08. The highest BCUT2D eigenvalue weighted by molar-refractivity contribution is 5.94. The molecular formula is C23H27NO4. The summed E-state index contributed by atoms with van der Waals surface area (Å²) < 4.78 is 10.7. The summed E-state index contributed by atoms with van der Waals surface area (Å²) >= 11 is 0. The number of rotatable bonds is 8. The minimum atomic E-state index is -0.328. The molecule has 0 aromatic heterocycles. The topological polar surface area (TPSA) is 55.8 Å². The van der Waals surface area contributed by atoms with E-state index in [0.29, 0.717) is 18.7 Å². The molecule has 1 fully saturated rings. The second kappa shape index (κ2) is 9.93. The molecule has 1 amide bonds. The number of hydrogen-bond donors (Lipinski definition) is 0.